The van der Waals surface area contributed by atoms with Gasteiger partial charge in [-0.15, -0.1) is 0 Å². The number of phenolic OH excluding ortho intramolecular Hbond substituents is 1. The van der Waals surface area contributed by atoms with Crippen molar-refractivity contribution < 1.29 is 24.7 Å². The minimum atomic E-state index is -1.23. The third-order valence-electron chi connectivity index (χ3n) is 3.11. The summed E-state index contributed by atoms with van der Waals surface area (Å²) >= 11 is 5.92. The van der Waals surface area contributed by atoms with E-state index in [4.69, 9.17) is 16.7 Å². The van der Waals surface area contributed by atoms with E-state index >= 15 is 0 Å². The second-order valence-electron chi connectivity index (χ2n) is 4.70. The Morgan fingerprint density at radius 1 is 1.17 bits per heavy atom. The van der Waals surface area contributed by atoms with Crippen LogP contribution in [0, 0.1) is 10.1 Å². The summed E-state index contributed by atoms with van der Waals surface area (Å²) in [4.78, 5) is 33.0. The number of carboxylic acid groups (broad SMARTS) is 1. The van der Waals surface area contributed by atoms with Crippen molar-refractivity contribution in [3.8, 4) is 5.75 Å². The van der Waals surface area contributed by atoms with Crippen LogP contribution < -0.4 is 0 Å². The van der Waals surface area contributed by atoms with Crippen LogP contribution in [0.5, 0.6) is 5.75 Å². The number of allylic oxidation sites excluding steroid dienone is 1. The molecule has 7 nitrogen and oxygen atoms in total. The summed E-state index contributed by atoms with van der Waals surface area (Å²) in [6.07, 6.45) is 2.36. The van der Waals surface area contributed by atoms with Gasteiger partial charge in [-0.25, -0.2) is 4.79 Å². The molecule has 0 saturated heterocycles. The average molecular weight is 348 g/mol. The molecule has 0 atom stereocenters. The highest BCUT2D eigenvalue weighted by Crippen LogP contribution is 2.24. The molecule has 0 bridgehead atoms. The van der Waals surface area contributed by atoms with E-state index in [1.807, 2.05) is 0 Å². The molecule has 0 amide bonds. The van der Waals surface area contributed by atoms with Gasteiger partial charge < -0.3 is 10.2 Å². The number of rotatable bonds is 5. The predicted octanol–water partition coefficient (Wildman–Crippen LogP) is 3.55. The van der Waals surface area contributed by atoms with Crippen LogP contribution in [0.1, 0.15) is 26.3 Å². The number of aromatic carboxylic acids is 1. The molecule has 2 N–H and O–H groups in total. The van der Waals surface area contributed by atoms with Gasteiger partial charge in [-0.3, -0.25) is 14.9 Å². The number of hydrogen-bond donors (Lipinski definition) is 2. The van der Waals surface area contributed by atoms with Gasteiger partial charge in [0.1, 0.15) is 5.75 Å². The van der Waals surface area contributed by atoms with Crippen molar-refractivity contribution in [2.24, 2.45) is 0 Å². The Labute approximate surface area is 140 Å². The Hall–Kier alpha value is -3.19. The predicted molar refractivity (Wildman–Crippen MR) is 86.5 cm³/mol. The fourth-order valence-corrected chi connectivity index (χ4v) is 2.08. The number of nitro groups is 1. The highest BCUT2D eigenvalue weighted by Gasteiger charge is 2.13. The van der Waals surface area contributed by atoms with Crippen molar-refractivity contribution in [2.45, 2.75) is 0 Å². The summed E-state index contributed by atoms with van der Waals surface area (Å²) in [6, 6.07) is 7.11. The first-order valence-corrected chi connectivity index (χ1v) is 6.90. The lowest BCUT2D eigenvalue weighted by Crippen LogP contribution is -2.00. The molecule has 0 fully saturated rings. The van der Waals surface area contributed by atoms with Crippen LogP contribution in [-0.2, 0) is 0 Å². The highest BCUT2D eigenvalue weighted by atomic mass is 35.5. The molecule has 24 heavy (non-hydrogen) atoms. The molecule has 2 rings (SSSR count). The van der Waals surface area contributed by atoms with E-state index in [9.17, 15) is 24.8 Å². The van der Waals surface area contributed by atoms with Crippen LogP contribution in [-0.4, -0.2) is 26.9 Å². The number of nitro benzene ring substituents is 1. The van der Waals surface area contributed by atoms with Gasteiger partial charge in [0, 0.05) is 17.2 Å². The van der Waals surface area contributed by atoms with Crippen LogP contribution in [0.25, 0.3) is 6.08 Å². The number of benzene rings is 2. The van der Waals surface area contributed by atoms with Gasteiger partial charge in [0.2, 0.25) is 0 Å². The van der Waals surface area contributed by atoms with Gasteiger partial charge in [0.05, 0.1) is 16.1 Å². The van der Waals surface area contributed by atoms with Crippen molar-refractivity contribution in [1.82, 2.24) is 0 Å². The van der Waals surface area contributed by atoms with Gasteiger partial charge in [0.15, 0.2) is 5.78 Å². The summed E-state index contributed by atoms with van der Waals surface area (Å²) < 4.78 is 0. The zero-order valence-electron chi connectivity index (χ0n) is 12.0. The molecule has 0 saturated carbocycles. The number of hydrogen-bond acceptors (Lipinski definition) is 5. The lowest BCUT2D eigenvalue weighted by Gasteiger charge is -2.02. The van der Waals surface area contributed by atoms with Crippen LogP contribution >= 0.6 is 11.6 Å². The van der Waals surface area contributed by atoms with Crippen LogP contribution in [0.4, 0.5) is 5.69 Å². The first-order valence-electron chi connectivity index (χ1n) is 6.52. The topological polar surface area (TPSA) is 118 Å². The smallest absolute Gasteiger partial charge is 0.335 e. The molecule has 0 aliphatic heterocycles. The third-order valence-corrected chi connectivity index (χ3v) is 3.46. The Morgan fingerprint density at radius 3 is 2.46 bits per heavy atom. The van der Waals surface area contributed by atoms with Gasteiger partial charge in [-0.2, -0.15) is 0 Å². The number of aromatic hydroxyl groups is 1. The first kappa shape index (κ1) is 17.2. The van der Waals surface area contributed by atoms with E-state index in [2.05, 4.69) is 0 Å². The standard InChI is InChI=1S/C16H10ClNO6/c17-13-5-3-11(18(23)24)7-9(13)2-6-14(19)12-4-1-10(16(21)22)8-15(12)20/h1-8,20H,(H,21,22)/b6-2+. The molecular weight excluding hydrogens is 338 g/mol. The van der Waals surface area contributed by atoms with Gasteiger partial charge in [0.25, 0.3) is 5.69 Å². The van der Waals surface area contributed by atoms with E-state index < -0.39 is 22.4 Å². The number of carbonyl (C=O) groups is 2. The number of nitrogens with zero attached hydrogens (tertiary/aromatic N) is 1. The minimum absolute atomic E-state index is 0.0993. The minimum Gasteiger partial charge on any atom is -0.507 e. The number of halogens is 1. The van der Waals surface area contributed by atoms with Crippen molar-refractivity contribution in [1.29, 1.82) is 0 Å². The molecule has 0 aliphatic rings. The van der Waals surface area contributed by atoms with Gasteiger partial charge in [-0.1, -0.05) is 11.6 Å². The number of carbonyl (C=O) groups excluding carboxylic acids is 1. The van der Waals surface area contributed by atoms with E-state index in [0.717, 1.165) is 12.1 Å². The molecule has 8 heteroatoms. The summed E-state index contributed by atoms with van der Waals surface area (Å²) in [5.74, 6) is -2.31. The molecule has 0 aromatic heterocycles. The maximum Gasteiger partial charge on any atom is 0.335 e. The maximum absolute atomic E-state index is 12.1. The summed E-state index contributed by atoms with van der Waals surface area (Å²) in [5.41, 5.74) is -0.173. The van der Waals surface area contributed by atoms with Crippen molar-refractivity contribution >= 4 is 35.1 Å². The molecule has 122 valence electrons. The normalized spacial score (nSPS) is 10.7. The molecule has 0 unspecified atom stereocenters. The second kappa shape index (κ2) is 6.93. The summed E-state index contributed by atoms with van der Waals surface area (Å²) in [7, 11) is 0. The first-order chi connectivity index (χ1) is 11.3. The number of phenols is 1. The average Bonchev–Trinajstić information content (AvgIpc) is 2.53. The van der Waals surface area contributed by atoms with E-state index in [-0.39, 0.29) is 27.4 Å². The van der Waals surface area contributed by atoms with Gasteiger partial charge in [-0.05, 0) is 42.0 Å². The largest absolute Gasteiger partial charge is 0.507 e. The number of ketones is 1. The third kappa shape index (κ3) is 3.76. The van der Waals surface area contributed by atoms with Gasteiger partial charge >= 0.3 is 5.97 Å². The molecule has 2 aromatic rings. The van der Waals surface area contributed by atoms with Crippen molar-refractivity contribution in [2.75, 3.05) is 0 Å². The maximum atomic E-state index is 12.1. The Balaban J connectivity index is 2.30. The number of non-ortho nitro benzene ring substituents is 1. The lowest BCUT2D eigenvalue weighted by molar-refractivity contribution is -0.384. The highest BCUT2D eigenvalue weighted by molar-refractivity contribution is 6.32. The Kier molecular flexibility index (Phi) is 4.96. The zero-order chi connectivity index (χ0) is 17.9. The lowest BCUT2D eigenvalue weighted by atomic mass is 10.1. The number of carboxylic acids is 1. The van der Waals surface area contributed by atoms with E-state index in [1.54, 1.807) is 0 Å². The molecule has 0 aliphatic carbocycles. The fraction of sp³-hybridized carbons (Fsp3) is 0. The van der Waals surface area contributed by atoms with E-state index in [1.165, 1.54) is 36.4 Å². The summed E-state index contributed by atoms with van der Waals surface area (Å²) in [6.45, 7) is 0. The fourth-order valence-electron chi connectivity index (χ4n) is 1.90. The van der Waals surface area contributed by atoms with Crippen molar-refractivity contribution in [3.05, 3.63) is 74.3 Å². The monoisotopic (exact) mass is 347 g/mol. The molecular formula is C16H10ClNO6. The Morgan fingerprint density at radius 2 is 1.88 bits per heavy atom. The Bertz CT molecular complexity index is 875. The molecule has 0 radical (unpaired) electrons. The van der Waals surface area contributed by atoms with Crippen LogP contribution in [0.2, 0.25) is 5.02 Å². The SMILES string of the molecule is O=C(O)c1ccc(C(=O)/C=C/c2cc([N+](=O)[O-])ccc2Cl)c(O)c1. The van der Waals surface area contributed by atoms with E-state index in [0.29, 0.717) is 0 Å². The second-order valence-corrected chi connectivity index (χ2v) is 5.10. The van der Waals surface area contributed by atoms with Crippen LogP contribution in [0.3, 0.4) is 0 Å². The summed E-state index contributed by atoms with van der Waals surface area (Å²) in [5, 5.41) is 29.5. The molecule has 0 spiro atoms. The molecule has 2 aromatic carbocycles. The molecule has 0 heterocycles. The van der Waals surface area contributed by atoms with Crippen LogP contribution in [0.15, 0.2) is 42.5 Å². The van der Waals surface area contributed by atoms with Crippen molar-refractivity contribution in [3.63, 3.8) is 0 Å². The quantitative estimate of drug-likeness (QED) is 0.369. The zero-order valence-corrected chi connectivity index (χ0v) is 12.7.